The van der Waals surface area contributed by atoms with Crippen LogP contribution in [0.25, 0.3) is 0 Å². The van der Waals surface area contributed by atoms with E-state index >= 15 is 0 Å². The third kappa shape index (κ3) is 2.92. The number of aryl methyl sites for hydroxylation is 2. The molecule has 0 saturated heterocycles. The molecule has 3 nitrogen and oxygen atoms in total. The van der Waals surface area contributed by atoms with Gasteiger partial charge in [0.25, 0.3) is 0 Å². The number of hydrogen-bond acceptors (Lipinski definition) is 2. The zero-order chi connectivity index (χ0) is 14.9. The summed E-state index contributed by atoms with van der Waals surface area (Å²) >= 11 is 9.78. The van der Waals surface area contributed by atoms with Gasteiger partial charge in [-0.3, -0.25) is 4.68 Å². The van der Waals surface area contributed by atoms with E-state index < -0.39 is 0 Å². The molecule has 0 radical (unpaired) electrons. The van der Waals surface area contributed by atoms with Crippen molar-refractivity contribution in [1.82, 2.24) is 9.78 Å². The highest BCUT2D eigenvalue weighted by Gasteiger charge is 2.18. The van der Waals surface area contributed by atoms with Crippen LogP contribution in [0.15, 0.2) is 22.7 Å². The van der Waals surface area contributed by atoms with Crippen LogP contribution >= 0.6 is 27.5 Å². The summed E-state index contributed by atoms with van der Waals surface area (Å²) in [6.07, 6.45) is 0.733. The second-order valence-electron chi connectivity index (χ2n) is 4.93. The lowest BCUT2D eigenvalue weighted by atomic mass is 9.98. The van der Waals surface area contributed by atoms with Crippen molar-refractivity contribution in [3.05, 3.63) is 50.2 Å². The molecule has 1 atom stereocenters. The first kappa shape index (κ1) is 15.5. The Labute approximate surface area is 133 Å². The lowest BCUT2D eigenvalue weighted by Gasteiger charge is -2.16. The molecule has 0 saturated carbocycles. The molecule has 0 aliphatic heterocycles. The van der Waals surface area contributed by atoms with E-state index in [4.69, 9.17) is 17.3 Å². The van der Waals surface area contributed by atoms with Gasteiger partial charge in [0.2, 0.25) is 0 Å². The predicted molar refractivity (Wildman–Crippen MR) is 87.2 cm³/mol. The number of halogens is 2. The monoisotopic (exact) mass is 355 g/mol. The van der Waals surface area contributed by atoms with Crippen molar-refractivity contribution >= 4 is 27.5 Å². The summed E-state index contributed by atoms with van der Waals surface area (Å²) in [5, 5.41) is 5.26. The van der Waals surface area contributed by atoms with Gasteiger partial charge in [-0.1, -0.05) is 23.7 Å². The fourth-order valence-corrected chi connectivity index (χ4v) is 3.04. The highest BCUT2D eigenvalue weighted by atomic mass is 79.9. The topological polar surface area (TPSA) is 43.8 Å². The van der Waals surface area contributed by atoms with Gasteiger partial charge in [-0.15, -0.1) is 0 Å². The molecule has 0 aliphatic carbocycles. The van der Waals surface area contributed by atoms with Crippen LogP contribution in [0.4, 0.5) is 0 Å². The van der Waals surface area contributed by atoms with Crippen LogP contribution < -0.4 is 5.73 Å². The van der Waals surface area contributed by atoms with Crippen molar-refractivity contribution in [2.24, 2.45) is 5.73 Å². The molecule has 5 heteroatoms. The first-order chi connectivity index (χ1) is 9.45. The average Bonchev–Trinajstić information content (AvgIpc) is 2.69. The highest BCUT2D eigenvalue weighted by Crippen LogP contribution is 2.28. The van der Waals surface area contributed by atoms with Crippen molar-refractivity contribution < 1.29 is 0 Å². The van der Waals surface area contributed by atoms with Crippen molar-refractivity contribution in [1.29, 1.82) is 0 Å². The molecule has 0 aliphatic rings. The minimum atomic E-state index is -0.0913. The molecule has 108 valence electrons. The Balaban J connectivity index is 2.32. The number of benzene rings is 1. The predicted octanol–water partition coefficient (Wildman–Crippen LogP) is 4.18. The molecule has 20 heavy (non-hydrogen) atoms. The van der Waals surface area contributed by atoms with Crippen molar-refractivity contribution in [2.75, 3.05) is 0 Å². The summed E-state index contributed by atoms with van der Waals surface area (Å²) in [4.78, 5) is 0. The van der Waals surface area contributed by atoms with Gasteiger partial charge in [-0.2, -0.15) is 5.10 Å². The Hall–Kier alpha value is -0.840. The largest absolute Gasteiger partial charge is 0.324 e. The third-order valence-corrected chi connectivity index (χ3v) is 5.02. The van der Waals surface area contributed by atoms with Crippen LogP contribution in [0.3, 0.4) is 0 Å². The number of nitrogens with zero attached hydrogens (tertiary/aromatic N) is 2. The second-order valence-corrected chi connectivity index (χ2v) is 6.13. The number of rotatable bonds is 4. The van der Waals surface area contributed by atoms with Gasteiger partial charge in [0.15, 0.2) is 0 Å². The van der Waals surface area contributed by atoms with E-state index in [0.717, 1.165) is 45.0 Å². The Morgan fingerprint density at radius 2 is 2.10 bits per heavy atom. The smallest absolute Gasteiger partial charge is 0.0738 e. The normalized spacial score (nSPS) is 12.7. The lowest BCUT2D eigenvalue weighted by Crippen LogP contribution is -2.17. The minimum Gasteiger partial charge on any atom is -0.324 e. The Bertz CT molecular complexity index is 622. The van der Waals surface area contributed by atoms with Gasteiger partial charge in [-0.25, -0.2) is 0 Å². The highest BCUT2D eigenvalue weighted by molar-refractivity contribution is 9.10. The molecule has 2 aromatic rings. The number of nitrogens with two attached hydrogens (primary N) is 1. The molecule has 2 N–H and O–H groups in total. The second kappa shape index (κ2) is 6.29. The molecule has 0 spiro atoms. The summed E-state index contributed by atoms with van der Waals surface area (Å²) < 4.78 is 3.05. The lowest BCUT2D eigenvalue weighted by molar-refractivity contribution is 0.585. The molecule has 0 bridgehead atoms. The van der Waals surface area contributed by atoms with Gasteiger partial charge < -0.3 is 5.73 Å². The van der Waals surface area contributed by atoms with Gasteiger partial charge in [0.05, 0.1) is 15.9 Å². The van der Waals surface area contributed by atoms with Crippen LogP contribution in [-0.2, 0) is 13.0 Å². The van der Waals surface area contributed by atoms with Gasteiger partial charge in [0.1, 0.15) is 0 Å². The van der Waals surface area contributed by atoms with Gasteiger partial charge in [-0.05, 0) is 53.9 Å². The van der Waals surface area contributed by atoms with Crippen LogP contribution in [0.2, 0.25) is 5.02 Å². The van der Waals surface area contributed by atoms with E-state index in [1.807, 2.05) is 36.7 Å². The maximum absolute atomic E-state index is 6.38. The summed E-state index contributed by atoms with van der Waals surface area (Å²) in [5.41, 5.74) is 10.7. The fourth-order valence-electron chi connectivity index (χ4n) is 2.41. The Kier molecular flexibility index (Phi) is 4.89. The van der Waals surface area contributed by atoms with Crippen LogP contribution in [0.1, 0.15) is 35.5 Å². The summed E-state index contributed by atoms with van der Waals surface area (Å²) in [6, 6.07) is 5.79. The molecule has 0 amide bonds. The maximum Gasteiger partial charge on any atom is 0.0738 e. The van der Waals surface area contributed by atoms with Crippen LogP contribution in [0, 0.1) is 13.8 Å². The van der Waals surface area contributed by atoms with Crippen LogP contribution in [0.5, 0.6) is 0 Å². The molecule has 1 aromatic heterocycles. The molecule has 1 unspecified atom stereocenters. The number of hydrogen-bond donors (Lipinski definition) is 1. The molecule has 2 rings (SSSR count). The molecule has 1 aromatic carbocycles. The minimum absolute atomic E-state index is 0.0913. The van der Waals surface area contributed by atoms with Gasteiger partial charge >= 0.3 is 0 Å². The van der Waals surface area contributed by atoms with Crippen molar-refractivity contribution in [3.8, 4) is 0 Å². The standard InChI is InChI=1S/C15H19BrClN3/c1-4-20-14(15(16)10(3)19-20)8-13(18)11-6-5-7-12(17)9(11)2/h5-7,13H,4,8,18H2,1-3H3. The van der Waals surface area contributed by atoms with Crippen molar-refractivity contribution in [3.63, 3.8) is 0 Å². The Morgan fingerprint density at radius 3 is 2.75 bits per heavy atom. The summed E-state index contributed by atoms with van der Waals surface area (Å²) in [6.45, 7) is 6.92. The van der Waals surface area contributed by atoms with E-state index in [2.05, 4.69) is 28.0 Å². The molecular formula is C15H19BrClN3. The SMILES string of the molecule is CCn1nc(C)c(Br)c1CC(N)c1cccc(Cl)c1C. The number of aromatic nitrogens is 2. The quantitative estimate of drug-likeness (QED) is 0.893. The fraction of sp³-hybridized carbons (Fsp3) is 0.400. The zero-order valence-electron chi connectivity index (χ0n) is 12.0. The van der Waals surface area contributed by atoms with E-state index in [-0.39, 0.29) is 6.04 Å². The van der Waals surface area contributed by atoms with Gasteiger partial charge in [0, 0.05) is 24.0 Å². The third-order valence-electron chi connectivity index (χ3n) is 3.58. The first-order valence-electron chi connectivity index (χ1n) is 6.68. The van der Waals surface area contributed by atoms with E-state index in [0.29, 0.717) is 0 Å². The molecule has 1 heterocycles. The van der Waals surface area contributed by atoms with Crippen LogP contribution in [-0.4, -0.2) is 9.78 Å². The van der Waals surface area contributed by atoms with Crippen molar-refractivity contribution in [2.45, 2.75) is 39.8 Å². The maximum atomic E-state index is 6.38. The molecular weight excluding hydrogens is 338 g/mol. The zero-order valence-corrected chi connectivity index (χ0v) is 14.3. The summed E-state index contributed by atoms with van der Waals surface area (Å²) in [7, 11) is 0. The average molecular weight is 357 g/mol. The first-order valence-corrected chi connectivity index (χ1v) is 7.85. The molecule has 0 fully saturated rings. The van der Waals surface area contributed by atoms with E-state index in [1.54, 1.807) is 0 Å². The van der Waals surface area contributed by atoms with E-state index in [1.165, 1.54) is 0 Å². The summed E-state index contributed by atoms with van der Waals surface area (Å²) in [5.74, 6) is 0. The Morgan fingerprint density at radius 1 is 1.40 bits per heavy atom. The van der Waals surface area contributed by atoms with E-state index in [9.17, 15) is 0 Å².